The lowest BCUT2D eigenvalue weighted by atomic mass is 9.87. The summed E-state index contributed by atoms with van der Waals surface area (Å²) < 4.78 is 12.4. The van der Waals surface area contributed by atoms with Gasteiger partial charge in [-0.1, -0.05) is 87.6 Å². The number of nitrogens with zero attached hydrogens (tertiary/aromatic N) is 1. The van der Waals surface area contributed by atoms with E-state index in [-0.39, 0.29) is 49.9 Å². The Morgan fingerprint density at radius 3 is 2.35 bits per heavy atom. The normalized spacial score (nSPS) is 17.4. The lowest BCUT2D eigenvalue weighted by Gasteiger charge is -2.41. The summed E-state index contributed by atoms with van der Waals surface area (Å²) in [6.45, 7) is 2.13. The van der Waals surface area contributed by atoms with Crippen LogP contribution in [0.15, 0.2) is 42.0 Å². The summed E-state index contributed by atoms with van der Waals surface area (Å²) in [4.78, 5) is 40.3. The summed E-state index contributed by atoms with van der Waals surface area (Å²) in [5, 5.41) is 24.6. The highest BCUT2D eigenvalue weighted by molar-refractivity contribution is 14.1. The molecule has 0 saturated heterocycles. The third-order valence-electron chi connectivity index (χ3n) is 8.41. The number of benzene rings is 2. The van der Waals surface area contributed by atoms with Crippen LogP contribution in [0.25, 0.3) is 0 Å². The Morgan fingerprint density at radius 1 is 1.04 bits per heavy atom. The van der Waals surface area contributed by atoms with Gasteiger partial charge >= 0.3 is 0 Å². The molecule has 12 heteroatoms. The molecule has 0 unspecified atom stereocenters. The van der Waals surface area contributed by atoms with Crippen LogP contribution in [0, 0.1) is 3.57 Å². The quantitative estimate of drug-likeness (QED) is 0.0729. The number of carbonyl (C=O) groups excluding carboxylic acids is 3. The molecule has 0 saturated carbocycles. The predicted octanol–water partition coefficient (Wildman–Crippen LogP) is 7.28. The van der Waals surface area contributed by atoms with Crippen LogP contribution in [0.2, 0.25) is 10.0 Å². The maximum Gasteiger partial charge on any atom is 0.247 e. The molecule has 2 aromatic carbocycles. The molecule has 48 heavy (non-hydrogen) atoms. The summed E-state index contributed by atoms with van der Waals surface area (Å²) in [6, 6.07) is 7.45. The number of hydrogen-bond acceptors (Lipinski definition) is 7. The number of rotatable bonds is 20. The van der Waals surface area contributed by atoms with Gasteiger partial charge < -0.3 is 29.9 Å². The SMILES string of the molecule is CCCCCCCCCCCC(=O)N(Cc1ccc(Cl)c(Cl)c1)[C@@H]1CC(C(=O)NCCO)=C[C@H](Oc2c(I)cc(C=O)cc2OC)[C@H]1O. The maximum absolute atomic E-state index is 14.0. The van der Waals surface area contributed by atoms with Gasteiger partial charge in [0, 0.05) is 37.1 Å². The molecule has 264 valence electrons. The molecule has 3 N–H and O–H groups in total. The van der Waals surface area contributed by atoms with Crippen LogP contribution in [0.5, 0.6) is 11.5 Å². The summed E-state index contributed by atoms with van der Waals surface area (Å²) in [6.07, 6.45) is 10.3. The van der Waals surface area contributed by atoms with Gasteiger partial charge in [-0.25, -0.2) is 0 Å². The standard InChI is InChI=1S/C36H47Cl2IN2O7/c1-3-4-5-6-7-8-9-10-11-12-33(44)41(22-24-13-14-27(37)28(38)17-24)30-20-26(36(46)40-15-16-42)21-31(34(30)45)48-35-29(39)18-25(23-43)19-32(35)47-2/h13-14,17-19,21,23,30-31,34,42,45H,3-12,15-16,20,22H2,1-2H3,(H,40,46)/t30-,31+,34+/m1/s1. The van der Waals surface area contributed by atoms with Crippen LogP contribution < -0.4 is 14.8 Å². The summed E-state index contributed by atoms with van der Waals surface area (Å²) in [5.41, 5.74) is 1.41. The van der Waals surface area contributed by atoms with Crippen molar-refractivity contribution in [3.63, 3.8) is 0 Å². The first-order valence-electron chi connectivity index (χ1n) is 16.6. The average molecular weight is 818 g/mol. The zero-order valence-electron chi connectivity index (χ0n) is 27.7. The van der Waals surface area contributed by atoms with Crippen LogP contribution in [0.3, 0.4) is 0 Å². The minimum Gasteiger partial charge on any atom is -0.493 e. The van der Waals surface area contributed by atoms with Crippen molar-refractivity contribution in [2.75, 3.05) is 20.3 Å². The second-order valence-electron chi connectivity index (χ2n) is 12.0. The molecule has 0 radical (unpaired) electrons. The molecule has 2 aromatic rings. The monoisotopic (exact) mass is 816 g/mol. The van der Waals surface area contributed by atoms with E-state index < -0.39 is 24.2 Å². The van der Waals surface area contributed by atoms with Gasteiger partial charge in [0.05, 0.1) is 33.4 Å². The van der Waals surface area contributed by atoms with Gasteiger partial charge in [-0.05, 0) is 64.9 Å². The van der Waals surface area contributed by atoms with Crippen molar-refractivity contribution in [3.05, 3.63) is 66.7 Å². The number of methoxy groups -OCH3 is 1. The topological polar surface area (TPSA) is 125 Å². The lowest BCUT2D eigenvalue weighted by molar-refractivity contribution is -0.139. The Morgan fingerprint density at radius 2 is 1.73 bits per heavy atom. The van der Waals surface area contributed by atoms with Gasteiger partial charge in [-0.2, -0.15) is 0 Å². The molecule has 3 atom stereocenters. The highest BCUT2D eigenvalue weighted by atomic mass is 127. The van der Waals surface area contributed by atoms with Crippen molar-refractivity contribution < 1.29 is 34.1 Å². The molecule has 1 aliphatic carbocycles. The fraction of sp³-hybridized carbons (Fsp3) is 0.528. The minimum absolute atomic E-state index is 0.0400. The van der Waals surface area contributed by atoms with Crippen LogP contribution in [0.1, 0.15) is 93.5 Å². The molecular formula is C36H47Cl2IN2O7. The number of unbranched alkanes of at least 4 members (excludes halogenated alkanes) is 8. The van der Waals surface area contributed by atoms with Crippen LogP contribution in [-0.4, -0.2) is 71.7 Å². The van der Waals surface area contributed by atoms with Crippen LogP contribution in [-0.2, 0) is 16.1 Å². The first kappa shape index (κ1) is 40.1. The molecule has 0 spiro atoms. The highest BCUT2D eigenvalue weighted by Crippen LogP contribution is 2.37. The van der Waals surface area contributed by atoms with Crippen molar-refractivity contribution in [1.29, 1.82) is 0 Å². The smallest absolute Gasteiger partial charge is 0.247 e. The number of aliphatic hydroxyl groups excluding tert-OH is 2. The lowest BCUT2D eigenvalue weighted by Crippen LogP contribution is -2.54. The van der Waals surface area contributed by atoms with Gasteiger partial charge in [0.2, 0.25) is 11.8 Å². The van der Waals surface area contributed by atoms with E-state index in [0.717, 1.165) is 24.8 Å². The molecule has 9 nitrogen and oxygen atoms in total. The fourth-order valence-corrected chi connectivity index (χ4v) is 6.87. The van der Waals surface area contributed by atoms with Gasteiger partial charge in [-0.15, -0.1) is 0 Å². The van der Waals surface area contributed by atoms with E-state index in [0.29, 0.717) is 37.5 Å². The van der Waals surface area contributed by atoms with E-state index in [2.05, 4.69) is 12.2 Å². The number of halogens is 3. The van der Waals surface area contributed by atoms with E-state index in [1.807, 2.05) is 22.6 Å². The summed E-state index contributed by atoms with van der Waals surface area (Å²) >= 11 is 14.5. The predicted molar refractivity (Wildman–Crippen MR) is 197 cm³/mol. The zero-order valence-corrected chi connectivity index (χ0v) is 31.4. The van der Waals surface area contributed by atoms with Crippen molar-refractivity contribution in [3.8, 4) is 11.5 Å². The second kappa shape index (κ2) is 21.0. The van der Waals surface area contributed by atoms with Crippen molar-refractivity contribution in [2.24, 2.45) is 0 Å². The van der Waals surface area contributed by atoms with Crippen molar-refractivity contribution in [2.45, 2.75) is 102 Å². The van der Waals surface area contributed by atoms with Crippen LogP contribution >= 0.6 is 45.8 Å². The Bertz CT molecular complexity index is 1410. The Labute approximate surface area is 307 Å². The third-order valence-corrected chi connectivity index (χ3v) is 9.95. The van der Waals surface area contributed by atoms with E-state index in [9.17, 15) is 24.6 Å². The number of hydrogen-bond donors (Lipinski definition) is 3. The largest absolute Gasteiger partial charge is 0.493 e. The zero-order chi connectivity index (χ0) is 35.1. The van der Waals surface area contributed by atoms with E-state index >= 15 is 0 Å². The van der Waals surface area contributed by atoms with Gasteiger partial charge in [0.15, 0.2) is 11.5 Å². The Balaban J connectivity index is 1.90. The molecule has 3 rings (SSSR count). The molecule has 0 heterocycles. The van der Waals surface area contributed by atoms with Crippen molar-refractivity contribution in [1.82, 2.24) is 10.2 Å². The Hall–Kier alpha value is -2.38. The highest BCUT2D eigenvalue weighted by Gasteiger charge is 2.41. The summed E-state index contributed by atoms with van der Waals surface area (Å²) in [5.74, 6) is -0.0244. The third kappa shape index (κ3) is 11.9. The number of nitrogens with one attached hydrogen (secondary N) is 1. The average Bonchev–Trinajstić information content (AvgIpc) is 3.08. The van der Waals surface area contributed by atoms with Gasteiger partial charge in [-0.3, -0.25) is 14.4 Å². The number of amides is 2. The van der Waals surface area contributed by atoms with Crippen molar-refractivity contribution >= 4 is 63.9 Å². The number of aliphatic hydroxyl groups is 2. The van der Waals surface area contributed by atoms with Crippen LogP contribution in [0.4, 0.5) is 0 Å². The van der Waals surface area contributed by atoms with E-state index in [4.69, 9.17) is 32.7 Å². The first-order valence-corrected chi connectivity index (χ1v) is 18.5. The van der Waals surface area contributed by atoms with E-state index in [1.165, 1.54) is 45.3 Å². The molecule has 2 amide bonds. The maximum atomic E-state index is 14.0. The van der Waals surface area contributed by atoms with E-state index in [1.54, 1.807) is 35.2 Å². The number of ether oxygens (including phenoxy) is 2. The number of carbonyl (C=O) groups is 3. The molecule has 0 bridgehead atoms. The second-order valence-corrected chi connectivity index (χ2v) is 14.0. The number of aldehydes is 1. The molecule has 0 aromatic heterocycles. The fourth-order valence-electron chi connectivity index (χ4n) is 5.79. The first-order chi connectivity index (χ1) is 23.1. The van der Waals surface area contributed by atoms with Gasteiger partial charge in [0.25, 0.3) is 0 Å². The molecule has 0 aliphatic heterocycles. The molecule has 1 aliphatic rings. The minimum atomic E-state index is -1.24. The Kier molecular flexibility index (Phi) is 17.5. The van der Waals surface area contributed by atoms with Gasteiger partial charge in [0.1, 0.15) is 18.5 Å². The summed E-state index contributed by atoms with van der Waals surface area (Å²) in [7, 11) is 1.45. The molecule has 0 fully saturated rings. The molecular weight excluding hydrogens is 770 g/mol.